The van der Waals surface area contributed by atoms with Crippen LogP contribution >= 0.6 is 22.9 Å². The minimum Gasteiger partial charge on any atom is -0.489 e. The standard InChI is InChI=1S/C27H26ClN3O3S/c1-17-23-25(29-16-30-26(23)35-24(17)27(32)34-22-5-3-2-4-6-22)31-20-11-13-21(14-12-20)33-15-18-7-9-19(28)10-8-18/h7-14,16,22H,2-6,15H2,1H3,(H,29,30,31). The van der Waals surface area contributed by atoms with Gasteiger partial charge in [-0.1, -0.05) is 30.2 Å². The first-order valence-corrected chi connectivity index (χ1v) is 13.0. The van der Waals surface area contributed by atoms with Crippen LogP contribution in [0.3, 0.4) is 0 Å². The zero-order chi connectivity index (χ0) is 24.2. The molecule has 0 bridgehead atoms. The Hall–Kier alpha value is -3.16. The zero-order valence-corrected chi connectivity index (χ0v) is 21.0. The summed E-state index contributed by atoms with van der Waals surface area (Å²) in [4.78, 5) is 23.1. The topological polar surface area (TPSA) is 73.3 Å². The number of benzene rings is 2. The van der Waals surface area contributed by atoms with Crippen LogP contribution in [0.5, 0.6) is 5.75 Å². The average Bonchev–Trinajstić information content (AvgIpc) is 3.23. The van der Waals surface area contributed by atoms with Crippen LogP contribution in [0.4, 0.5) is 11.5 Å². The summed E-state index contributed by atoms with van der Waals surface area (Å²) in [7, 11) is 0. The number of hydrogen-bond acceptors (Lipinski definition) is 7. The number of halogens is 1. The number of esters is 1. The zero-order valence-electron chi connectivity index (χ0n) is 19.4. The number of rotatable bonds is 7. The van der Waals surface area contributed by atoms with E-state index in [-0.39, 0.29) is 12.1 Å². The van der Waals surface area contributed by atoms with Crippen molar-refractivity contribution in [2.24, 2.45) is 0 Å². The monoisotopic (exact) mass is 507 g/mol. The van der Waals surface area contributed by atoms with Gasteiger partial charge in [0, 0.05) is 10.7 Å². The highest BCUT2D eigenvalue weighted by molar-refractivity contribution is 7.20. The highest BCUT2D eigenvalue weighted by Crippen LogP contribution is 2.35. The van der Waals surface area contributed by atoms with Gasteiger partial charge in [0.1, 0.15) is 40.3 Å². The molecule has 2 aromatic carbocycles. The lowest BCUT2D eigenvalue weighted by molar-refractivity contribution is 0.0216. The van der Waals surface area contributed by atoms with Crippen LogP contribution in [-0.4, -0.2) is 22.0 Å². The summed E-state index contributed by atoms with van der Waals surface area (Å²) in [5, 5.41) is 4.91. The summed E-state index contributed by atoms with van der Waals surface area (Å²) < 4.78 is 11.7. The maximum absolute atomic E-state index is 12.9. The van der Waals surface area contributed by atoms with Gasteiger partial charge in [-0.3, -0.25) is 0 Å². The SMILES string of the molecule is Cc1c(C(=O)OC2CCCCC2)sc2ncnc(Nc3ccc(OCc4ccc(Cl)cc4)cc3)c12. The van der Waals surface area contributed by atoms with Crippen LogP contribution < -0.4 is 10.1 Å². The minimum atomic E-state index is -0.259. The minimum absolute atomic E-state index is 0.0185. The second-order valence-electron chi connectivity index (χ2n) is 8.69. The van der Waals surface area contributed by atoms with Gasteiger partial charge in [-0.2, -0.15) is 0 Å². The van der Waals surface area contributed by atoms with Crippen molar-refractivity contribution in [3.05, 3.63) is 75.9 Å². The summed E-state index contributed by atoms with van der Waals surface area (Å²) in [6.07, 6.45) is 6.88. The van der Waals surface area contributed by atoms with Crippen LogP contribution in [0, 0.1) is 6.92 Å². The van der Waals surface area contributed by atoms with Crippen molar-refractivity contribution in [3.63, 3.8) is 0 Å². The molecular weight excluding hydrogens is 482 g/mol. The van der Waals surface area contributed by atoms with E-state index < -0.39 is 0 Å². The molecule has 0 spiro atoms. The summed E-state index contributed by atoms with van der Waals surface area (Å²) in [5.74, 6) is 1.17. The highest BCUT2D eigenvalue weighted by Gasteiger charge is 2.24. The van der Waals surface area contributed by atoms with Crippen molar-refractivity contribution in [2.75, 3.05) is 5.32 Å². The average molecular weight is 508 g/mol. The number of anilines is 2. The third-order valence-corrected chi connectivity index (χ3v) is 7.61. The summed E-state index contributed by atoms with van der Waals surface area (Å²) >= 11 is 7.30. The van der Waals surface area contributed by atoms with E-state index in [2.05, 4.69) is 15.3 Å². The number of aryl methyl sites for hydroxylation is 1. The maximum Gasteiger partial charge on any atom is 0.348 e. The predicted molar refractivity (Wildman–Crippen MR) is 140 cm³/mol. The molecule has 0 radical (unpaired) electrons. The number of nitrogens with zero attached hydrogens (tertiary/aromatic N) is 2. The van der Waals surface area contributed by atoms with E-state index in [1.54, 1.807) is 0 Å². The maximum atomic E-state index is 12.9. The first kappa shape index (κ1) is 23.6. The Morgan fingerprint density at radius 1 is 1.06 bits per heavy atom. The number of hydrogen-bond donors (Lipinski definition) is 1. The molecule has 0 saturated heterocycles. The Balaban J connectivity index is 1.29. The molecule has 2 heterocycles. The Bertz CT molecular complexity index is 1320. The summed E-state index contributed by atoms with van der Waals surface area (Å²) in [6.45, 7) is 2.39. The van der Waals surface area contributed by atoms with E-state index in [0.29, 0.717) is 22.3 Å². The smallest absolute Gasteiger partial charge is 0.348 e. The third-order valence-electron chi connectivity index (χ3n) is 6.17. The van der Waals surface area contributed by atoms with E-state index in [4.69, 9.17) is 21.1 Å². The third kappa shape index (κ3) is 5.57. The number of thiophene rings is 1. The molecular formula is C27H26ClN3O3S. The van der Waals surface area contributed by atoms with Crippen LogP contribution in [0.1, 0.15) is 52.9 Å². The summed E-state index contributed by atoms with van der Waals surface area (Å²) in [5.41, 5.74) is 2.75. The lowest BCUT2D eigenvalue weighted by atomic mass is 9.98. The van der Waals surface area contributed by atoms with Gasteiger partial charge in [-0.05, 0) is 80.1 Å². The largest absolute Gasteiger partial charge is 0.489 e. The number of fused-ring (bicyclic) bond motifs is 1. The van der Waals surface area contributed by atoms with E-state index in [1.165, 1.54) is 24.1 Å². The fourth-order valence-corrected chi connectivity index (χ4v) is 5.43. The lowest BCUT2D eigenvalue weighted by Crippen LogP contribution is -2.20. The molecule has 1 aliphatic rings. The molecule has 1 saturated carbocycles. The number of nitrogens with one attached hydrogen (secondary N) is 1. The van der Waals surface area contributed by atoms with E-state index in [1.807, 2.05) is 55.5 Å². The van der Waals surface area contributed by atoms with Gasteiger partial charge in [0.05, 0.1) is 5.39 Å². The Labute approximate surface area is 213 Å². The van der Waals surface area contributed by atoms with Gasteiger partial charge in [-0.25, -0.2) is 14.8 Å². The van der Waals surface area contributed by atoms with Gasteiger partial charge >= 0.3 is 5.97 Å². The molecule has 0 unspecified atom stereocenters. The second-order valence-corrected chi connectivity index (χ2v) is 10.1. The fraction of sp³-hybridized carbons (Fsp3) is 0.296. The quantitative estimate of drug-likeness (QED) is 0.261. The van der Waals surface area contributed by atoms with Crippen molar-refractivity contribution in [1.82, 2.24) is 9.97 Å². The predicted octanol–water partition coefficient (Wildman–Crippen LogP) is 7.47. The van der Waals surface area contributed by atoms with Gasteiger partial charge in [0.25, 0.3) is 0 Å². The first-order valence-electron chi connectivity index (χ1n) is 11.8. The molecule has 0 aliphatic heterocycles. The lowest BCUT2D eigenvalue weighted by Gasteiger charge is -2.21. The highest BCUT2D eigenvalue weighted by atomic mass is 35.5. The number of carbonyl (C=O) groups is 1. The first-order chi connectivity index (χ1) is 17.1. The molecule has 180 valence electrons. The second kappa shape index (κ2) is 10.6. The molecule has 5 rings (SSSR count). The number of aromatic nitrogens is 2. The molecule has 0 atom stereocenters. The van der Waals surface area contributed by atoms with Crippen LogP contribution in [-0.2, 0) is 11.3 Å². The van der Waals surface area contributed by atoms with E-state index in [9.17, 15) is 4.79 Å². The van der Waals surface area contributed by atoms with Crippen molar-refractivity contribution in [3.8, 4) is 5.75 Å². The number of ether oxygens (including phenoxy) is 2. The normalized spacial score (nSPS) is 14.1. The fourth-order valence-electron chi connectivity index (χ4n) is 4.27. The van der Waals surface area contributed by atoms with Gasteiger partial charge in [0.15, 0.2) is 0 Å². The van der Waals surface area contributed by atoms with E-state index in [0.717, 1.165) is 58.5 Å². The van der Waals surface area contributed by atoms with Gasteiger partial charge in [-0.15, -0.1) is 11.3 Å². The van der Waals surface area contributed by atoms with Gasteiger partial charge < -0.3 is 14.8 Å². The molecule has 4 aromatic rings. The van der Waals surface area contributed by atoms with E-state index >= 15 is 0 Å². The summed E-state index contributed by atoms with van der Waals surface area (Å²) in [6, 6.07) is 15.3. The molecule has 2 aromatic heterocycles. The van der Waals surface area contributed by atoms with Gasteiger partial charge in [0.2, 0.25) is 0 Å². The molecule has 6 nitrogen and oxygen atoms in total. The van der Waals surface area contributed by atoms with Crippen LogP contribution in [0.25, 0.3) is 10.2 Å². The molecule has 0 amide bonds. The Morgan fingerprint density at radius 2 is 1.80 bits per heavy atom. The molecule has 1 fully saturated rings. The number of carbonyl (C=O) groups excluding carboxylic acids is 1. The molecule has 1 N–H and O–H groups in total. The van der Waals surface area contributed by atoms with Crippen molar-refractivity contribution >= 4 is 50.6 Å². The molecule has 8 heteroatoms. The van der Waals surface area contributed by atoms with Crippen molar-refractivity contribution in [1.29, 1.82) is 0 Å². The Kier molecular flexibility index (Phi) is 7.16. The molecule has 1 aliphatic carbocycles. The molecule has 35 heavy (non-hydrogen) atoms. The Morgan fingerprint density at radius 3 is 2.54 bits per heavy atom. The van der Waals surface area contributed by atoms with Crippen molar-refractivity contribution in [2.45, 2.75) is 51.7 Å². The van der Waals surface area contributed by atoms with Crippen LogP contribution in [0.2, 0.25) is 5.02 Å². The van der Waals surface area contributed by atoms with Crippen molar-refractivity contribution < 1.29 is 14.3 Å². The van der Waals surface area contributed by atoms with Crippen LogP contribution in [0.15, 0.2) is 54.9 Å².